The first-order valence-electron chi connectivity index (χ1n) is 5.69. The Morgan fingerprint density at radius 2 is 2.18 bits per heavy atom. The number of ether oxygens (including phenoxy) is 2. The molecule has 17 heavy (non-hydrogen) atoms. The molecule has 0 spiro atoms. The third-order valence-corrected chi connectivity index (χ3v) is 2.64. The fraction of sp³-hybridized carbons (Fsp3) is 0.462. The summed E-state index contributed by atoms with van der Waals surface area (Å²) in [7, 11) is 1.51. The van der Waals surface area contributed by atoms with Gasteiger partial charge < -0.3 is 15.2 Å². The molecular weight excluding hydrogens is 218 g/mol. The third kappa shape index (κ3) is 3.66. The van der Waals surface area contributed by atoms with E-state index in [1.165, 1.54) is 7.11 Å². The molecule has 1 rings (SSSR count). The van der Waals surface area contributed by atoms with Crippen molar-refractivity contribution in [3.05, 3.63) is 23.8 Å². The average molecular weight is 237 g/mol. The van der Waals surface area contributed by atoms with E-state index >= 15 is 0 Å². The molecule has 0 aliphatic carbocycles. The molecule has 1 aromatic rings. The lowest BCUT2D eigenvalue weighted by Gasteiger charge is -2.12. The van der Waals surface area contributed by atoms with Crippen molar-refractivity contribution in [3.8, 4) is 5.75 Å². The van der Waals surface area contributed by atoms with E-state index in [9.17, 15) is 4.79 Å². The highest BCUT2D eigenvalue weighted by Crippen LogP contribution is 2.22. The maximum Gasteiger partial charge on any atom is 0.342 e. The van der Waals surface area contributed by atoms with Crippen molar-refractivity contribution in [2.75, 3.05) is 19.5 Å². The number of esters is 1. The maximum atomic E-state index is 11.8. The molecule has 0 fully saturated rings. The Kier molecular flexibility index (Phi) is 4.82. The lowest BCUT2D eigenvalue weighted by Crippen LogP contribution is -2.12. The van der Waals surface area contributed by atoms with E-state index in [4.69, 9.17) is 15.2 Å². The summed E-state index contributed by atoms with van der Waals surface area (Å²) >= 11 is 0. The molecule has 4 heteroatoms. The van der Waals surface area contributed by atoms with Crippen molar-refractivity contribution in [1.29, 1.82) is 0 Å². The Morgan fingerprint density at radius 3 is 2.76 bits per heavy atom. The van der Waals surface area contributed by atoms with Gasteiger partial charge in [0.05, 0.1) is 13.7 Å². The molecule has 94 valence electrons. The zero-order chi connectivity index (χ0) is 12.8. The van der Waals surface area contributed by atoms with E-state index in [-0.39, 0.29) is 0 Å². The van der Waals surface area contributed by atoms with Gasteiger partial charge in [0.2, 0.25) is 0 Å². The first kappa shape index (κ1) is 13.4. The van der Waals surface area contributed by atoms with Crippen LogP contribution in [0.4, 0.5) is 5.69 Å². The topological polar surface area (TPSA) is 61.5 Å². The van der Waals surface area contributed by atoms with Crippen molar-refractivity contribution >= 4 is 11.7 Å². The number of hydrogen-bond acceptors (Lipinski definition) is 4. The van der Waals surface area contributed by atoms with Crippen molar-refractivity contribution in [2.24, 2.45) is 5.92 Å². The number of benzene rings is 1. The van der Waals surface area contributed by atoms with Crippen molar-refractivity contribution < 1.29 is 14.3 Å². The Balaban J connectivity index is 2.77. The minimum absolute atomic E-state index is 0.353. The van der Waals surface area contributed by atoms with Crippen LogP contribution in [-0.2, 0) is 4.74 Å². The highest BCUT2D eigenvalue weighted by molar-refractivity contribution is 5.93. The molecule has 0 amide bonds. The predicted molar refractivity (Wildman–Crippen MR) is 67.1 cm³/mol. The van der Waals surface area contributed by atoms with Crippen LogP contribution < -0.4 is 10.5 Å². The molecule has 0 bridgehead atoms. The fourth-order valence-corrected chi connectivity index (χ4v) is 1.30. The summed E-state index contributed by atoms with van der Waals surface area (Å²) < 4.78 is 10.3. The average Bonchev–Trinajstić information content (AvgIpc) is 2.35. The Hall–Kier alpha value is -1.71. The maximum absolute atomic E-state index is 11.8. The van der Waals surface area contributed by atoms with Crippen LogP contribution in [0.25, 0.3) is 0 Å². The quantitative estimate of drug-likeness (QED) is 0.631. The molecule has 0 aliphatic rings. The summed E-state index contributed by atoms with van der Waals surface area (Å²) in [5.74, 6) is 0.439. The van der Waals surface area contributed by atoms with Crippen molar-refractivity contribution in [1.82, 2.24) is 0 Å². The first-order chi connectivity index (χ1) is 8.08. The minimum Gasteiger partial charge on any atom is -0.496 e. The molecule has 0 aliphatic heterocycles. The number of rotatable bonds is 5. The van der Waals surface area contributed by atoms with Gasteiger partial charge in [0.25, 0.3) is 0 Å². The van der Waals surface area contributed by atoms with Gasteiger partial charge in [-0.25, -0.2) is 4.79 Å². The standard InChI is InChI=1S/C13H19NO3/c1-4-9(2)8-17-13(15)11-7-10(14)5-6-12(11)16-3/h5-7,9H,4,8,14H2,1-3H3. The van der Waals surface area contributed by atoms with Crippen LogP contribution in [0.3, 0.4) is 0 Å². The zero-order valence-electron chi connectivity index (χ0n) is 10.5. The molecule has 0 saturated heterocycles. The lowest BCUT2D eigenvalue weighted by atomic mass is 10.1. The number of methoxy groups -OCH3 is 1. The van der Waals surface area contributed by atoms with Crippen LogP contribution in [0.1, 0.15) is 30.6 Å². The Bertz CT molecular complexity index is 390. The zero-order valence-corrected chi connectivity index (χ0v) is 10.5. The molecule has 2 N–H and O–H groups in total. The van der Waals surface area contributed by atoms with E-state index in [1.807, 2.05) is 6.92 Å². The van der Waals surface area contributed by atoms with Gasteiger partial charge in [0, 0.05) is 5.69 Å². The monoisotopic (exact) mass is 237 g/mol. The van der Waals surface area contributed by atoms with Crippen LogP contribution in [0.2, 0.25) is 0 Å². The third-order valence-electron chi connectivity index (χ3n) is 2.64. The van der Waals surface area contributed by atoms with Gasteiger partial charge in [-0.3, -0.25) is 0 Å². The van der Waals surface area contributed by atoms with Gasteiger partial charge in [-0.1, -0.05) is 20.3 Å². The smallest absolute Gasteiger partial charge is 0.342 e. The summed E-state index contributed by atoms with van der Waals surface area (Å²) in [4.78, 5) is 11.8. The van der Waals surface area contributed by atoms with Crippen LogP contribution in [0.15, 0.2) is 18.2 Å². The molecule has 1 aromatic carbocycles. The molecule has 0 heterocycles. The second-order valence-electron chi connectivity index (χ2n) is 4.07. The normalized spacial score (nSPS) is 11.9. The molecular formula is C13H19NO3. The molecule has 1 atom stereocenters. The first-order valence-corrected chi connectivity index (χ1v) is 5.69. The van der Waals surface area contributed by atoms with E-state index in [0.717, 1.165) is 6.42 Å². The summed E-state index contributed by atoms with van der Waals surface area (Å²) in [5, 5.41) is 0. The predicted octanol–water partition coefficient (Wildman–Crippen LogP) is 2.48. The summed E-state index contributed by atoms with van der Waals surface area (Å²) in [6.45, 7) is 4.50. The minimum atomic E-state index is -0.394. The van der Waals surface area contributed by atoms with E-state index in [0.29, 0.717) is 29.5 Å². The number of hydrogen-bond donors (Lipinski definition) is 1. The largest absolute Gasteiger partial charge is 0.496 e. The van der Waals surface area contributed by atoms with Gasteiger partial charge in [-0.15, -0.1) is 0 Å². The summed E-state index contributed by atoms with van der Waals surface area (Å²) in [6, 6.07) is 4.91. The Morgan fingerprint density at radius 1 is 1.47 bits per heavy atom. The van der Waals surface area contributed by atoms with Gasteiger partial charge >= 0.3 is 5.97 Å². The number of anilines is 1. The van der Waals surface area contributed by atoms with Crippen molar-refractivity contribution in [3.63, 3.8) is 0 Å². The van der Waals surface area contributed by atoms with Gasteiger partial charge in [0.15, 0.2) is 0 Å². The molecule has 0 radical (unpaired) electrons. The molecule has 4 nitrogen and oxygen atoms in total. The molecule has 0 saturated carbocycles. The summed E-state index contributed by atoms with van der Waals surface area (Å²) in [5.41, 5.74) is 6.52. The van der Waals surface area contributed by atoms with Gasteiger partial charge in [0.1, 0.15) is 11.3 Å². The highest BCUT2D eigenvalue weighted by Gasteiger charge is 2.14. The van der Waals surface area contributed by atoms with Crippen LogP contribution in [0.5, 0.6) is 5.75 Å². The highest BCUT2D eigenvalue weighted by atomic mass is 16.5. The lowest BCUT2D eigenvalue weighted by molar-refractivity contribution is 0.0443. The van der Waals surface area contributed by atoms with Crippen molar-refractivity contribution in [2.45, 2.75) is 20.3 Å². The van der Waals surface area contributed by atoms with Gasteiger partial charge in [-0.05, 0) is 24.1 Å². The molecule has 1 unspecified atom stereocenters. The van der Waals surface area contributed by atoms with Crippen LogP contribution in [-0.4, -0.2) is 19.7 Å². The van der Waals surface area contributed by atoms with E-state index in [1.54, 1.807) is 18.2 Å². The molecule has 0 aromatic heterocycles. The number of carbonyl (C=O) groups is 1. The van der Waals surface area contributed by atoms with Crippen LogP contribution in [0, 0.1) is 5.92 Å². The SMILES string of the molecule is CCC(C)COC(=O)c1cc(N)ccc1OC. The van der Waals surface area contributed by atoms with Gasteiger partial charge in [-0.2, -0.15) is 0 Å². The Labute approximate surface area is 102 Å². The summed E-state index contributed by atoms with van der Waals surface area (Å²) in [6.07, 6.45) is 0.974. The second kappa shape index (κ2) is 6.13. The van der Waals surface area contributed by atoms with Crippen LogP contribution >= 0.6 is 0 Å². The second-order valence-corrected chi connectivity index (χ2v) is 4.07. The number of nitrogens with two attached hydrogens (primary N) is 1. The van der Waals surface area contributed by atoms with E-state index < -0.39 is 5.97 Å². The number of nitrogen functional groups attached to an aromatic ring is 1. The van der Waals surface area contributed by atoms with E-state index in [2.05, 4.69) is 6.92 Å². The fourth-order valence-electron chi connectivity index (χ4n) is 1.30. The number of carbonyl (C=O) groups excluding carboxylic acids is 1.